The maximum Gasteiger partial charge on any atom is 0.123 e. The Kier molecular flexibility index (Phi) is 1.32. The second-order valence-corrected chi connectivity index (χ2v) is 3.05. The van der Waals surface area contributed by atoms with Crippen molar-refractivity contribution in [3.8, 4) is 0 Å². The monoisotopic (exact) mass is 149 g/mol. The summed E-state index contributed by atoms with van der Waals surface area (Å²) in [7, 11) is 0. The van der Waals surface area contributed by atoms with Crippen LogP contribution in [0.2, 0.25) is 0 Å². The van der Waals surface area contributed by atoms with E-state index >= 15 is 0 Å². The van der Waals surface area contributed by atoms with E-state index in [0.717, 1.165) is 12.8 Å². The molecule has 0 bridgehead atoms. The minimum absolute atomic E-state index is 0.272. The predicted octanol–water partition coefficient (Wildman–Crippen LogP) is 0.0897. The van der Waals surface area contributed by atoms with E-state index in [0.29, 0.717) is 5.82 Å². The Hall–Kier alpha value is -1.09. The number of hydrogen-bond donors (Lipinski definition) is 2. The molecule has 11 heavy (non-hydrogen) atoms. The van der Waals surface area contributed by atoms with Gasteiger partial charge in [0.25, 0.3) is 0 Å². The number of anilines is 1. The molecule has 3 nitrogen and oxygen atoms in total. The van der Waals surface area contributed by atoms with Crippen LogP contribution in [0.4, 0.5) is 5.82 Å². The number of rotatable bonds is 0. The fourth-order valence-electron chi connectivity index (χ4n) is 1.55. The number of nitrogens with zero attached hydrogens (tertiary/aromatic N) is 1. The van der Waals surface area contributed by atoms with Crippen molar-refractivity contribution in [2.45, 2.75) is 18.9 Å². The molecule has 0 saturated carbocycles. The first-order valence-electron chi connectivity index (χ1n) is 3.74. The van der Waals surface area contributed by atoms with Crippen LogP contribution in [0.15, 0.2) is 12.3 Å². The van der Waals surface area contributed by atoms with Gasteiger partial charge in [0.05, 0.1) is 0 Å². The quantitative estimate of drug-likeness (QED) is 0.549. The molecule has 0 aliphatic heterocycles. The topological polar surface area (TPSA) is 64.9 Å². The van der Waals surface area contributed by atoms with Crippen molar-refractivity contribution in [3.05, 3.63) is 23.4 Å². The summed E-state index contributed by atoms with van der Waals surface area (Å²) in [5, 5.41) is 0. The van der Waals surface area contributed by atoms with Gasteiger partial charge in [-0.3, -0.25) is 0 Å². The highest BCUT2D eigenvalue weighted by molar-refractivity contribution is 5.40. The molecule has 1 aliphatic rings. The number of pyridine rings is 1. The van der Waals surface area contributed by atoms with Crippen LogP contribution in [0.5, 0.6) is 0 Å². The third-order valence-corrected chi connectivity index (χ3v) is 2.07. The largest absolute Gasteiger partial charge is 0.384 e. The molecule has 0 spiro atoms. The van der Waals surface area contributed by atoms with Crippen LogP contribution in [-0.2, 0) is 12.8 Å². The van der Waals surface area contributed by atoms with Crippen LogP contribution in [0, 0.1) is 0 Å². The van der Waals surface area contributed by atoms with Crippen LogP contribution in [0.3, 0.4) is 0 Å². The van der Waals surface area contributed by atoms with Crippen LogP contribution in [-0.4, -0.2) is 11.0 Å². The summed E-state index contributed by atoms with van der Waals surface area (Å²) in [6, 6.07) is 2.19. The van der Waals surface area contributed by atoms with Gasteiger partial charge in [-0.25, -0.2) is 4.98 Å². The fourth-order valence-corrected chi connectivity index (χ4v) is 1.55. The average molecular weight is 149 g/mol. The molecule has 1 atom stereocenters. The van der Waals surface area contributed by atoms with E-state index in [1.54, 1.807) is 0 Å². The van der Waals surface area contributed by atoms with Crippen LogP contribution in [0.1, 0.15) is 11.1 Å². The Labute approximate surface area is 65.4 Å². The fraction of sp³-hybridized carbons (Fsp3) is 0.375. The van der Waals surface area contributed by atoms with E-state index in [4.69, 9.17) is 11.5 Å². The van der Waals surface area contributed by atoms with Crippen LogP contribution >= 0.6 is 0 Å². The zero-order valence-electron chi connectivity index (χ0n) is 6.25. The number of nitrogens with two attached hydrogens (primary N) is 2. The van der Waals surface area contributed by atoms with Crippen LogP contribution < -0.4 is 11.5 Å². The maximum absolute atomic E-state index is 5.77. The predicted molar refractivity (Wildman–Crippen MR) is 44.0 cm³/mol. The molecule has 58 valence electrons. The third-order valence-electron chi connectivity index (χ3n) is 2.07. The lowest BCUT2D eigenvalue weighted by Crippen LogP contribution is -2.18. The second-order valence-electron chi connectivity index (χ2n) is 3.05. The number of nitrogen functional groups attached to an aromatic ring is 1. The Morgan fingerprint density at radius 1 is 1.36 bits per heavy atom. The molecule has 4 N–H and O–H groups in total. The molecule has 1 aromatic rings. The van der Waals surface area contributed by atoms with E-state index in [2.05, 4.69) is 4.98 Å². The maximum atomic E-state index is 5.77. The van der Waals surface area contributed by atoms with Crippen molar-refractivity contribution < 1.29 is 0 Å². The summed E-state index contributed by atoms with van der Waals surface area (Å²) in [5.41, 5.74) is 13.8. The van der Waals surface area contributed by atoms with Gasteiger partial charge in [0, 0.05) is 12.2 Å². The summed E-state index contributed by atoms with van der Waals surface area (Å²) in [5.74, 6) is 0.595. The first-order chi connectivity index (χ1) is 5.25. The van der Waals surface area contributed by atoms with E-state index in [1.807, 2.05) is 12.3 Å². The Morgan fingerprint density at radius 3 is 2.91 bits per heavy atom. The lowest BCUT2D eigenvalue weighted by Gasteiger charge is -1.97. The molecule has 1 heterocycles. The van der Waals surface area contributed by atoms with Gasteiger partial charge in [0.15, 0.2) is 0 Å². The van der Waals surface area contributed by atoms with Gasteiger partial charge in [-0.05, 0) is 30.0 Å². The first-order valence-corrected chi connectivity index (χ1v) is 3.74. The van der Waals surface area contributed by atoms with Gasteiger partial charge in [-0.1, -0.05) is 0 Å². The highest BCUT2D eigenvalue weighted by atomic mass is 14.8. The normalized spacial score (nSPS) is 21.7. The minimum Gasteiger partial charge on any atom is -0.384 e. The molecule has 1 aromatic heterocycles. The molecule has 0 aromatic carbocycles. The van der Waals surface area contributed by atoms with Crippen molar-refractivity contribution in [2.24, 2.45) is 5.73 Å². The Balaban J connectivity index is 2.43. The lowest BCUT2D eigenvalue weighted by atomic mass is 10.2. The van der Waals surface area contributed by atoms with E-state index in [9.17, 15) is 0 Å². The van der Waals surface area contributed by atoms with Crippen molar-refractivity contribution in [3.63, 3.8) is 0 Å². The van der Waals surface area contributed by atoms with Gasteiger partial charge < -0.3 is 11.5 Å². The molecule has 3 heteroatoms. The van der Waals surface area contributed by atoms with Gasteiger partial charge >= 0.3 is 0 Å². The number of hydrogen-bond acceptors (Lipinski definition) is 3. The zero-order chi connectivity index (χ0) is 7.84. The van der Waals surface area contributed by atoms with E-state index < -0.39 is 0 Å². The van der Waals surface area contributed by atoms with Gasteiger partial charge in [-0.15, -0.1) is 0 Å². The van der Waals surface area contributed by atoms with Gasteiger partial charge in [0.1, 0.15) is 5.82 Å². The molecule has 1 unspecified atom stereocenters. The average Bonchev–Trinajstić information content (AvgIpc) is 2.27. The Bertz CT molecular complexity index is 283. The summed E-state index contributed by atoms with van der Waals surface area (Å²) in [6.45, 7) is 0. The number of aromatic nitrogens is 1. The molecule has 0 fully saturated rings. The van der Waals surface area contributed by atoms with E-state index in [1.165, 1.54) is 11.1 Å². The lowest BCUT2D eigenvalue weighted by molar-refractivity contribution is 0.721. The zero-order valence-corrected chi connectivity index (χ0v) is 6.25. The first kappa shape index (κ1) is 6.61. The molecule has 1 aliphatic carbocycles. The van der Waals surface area contributed by atoms with Gasteiger partial charge in [0.2, 0.25) is 0 Å². The highest BCUT2D eigenvalue weighted by Crippen LogP contribution is 2.21. The van der Waals surface area contributed by atoms with Crippen LogP contribution in [0.25, 0.3) is 0 Å². The minimum atomic E-state index is 0.272. The second kappa shape index (κ2) is 2.20. The van der Waals surface area contributed by atoms with Crippen molar-refractivity contribution in [1.82, 2.24) is 4.98 Å². The third kappa shape index (κ3) is 1.07. The number of fused-ring (bicyclic) bond motifs is 1. The summed E-state index contributed by atoms with van der Waals surface area (Å²) in [6.07, 6.45) is 3.72. The summed E-state index contributed by atoms with van der Waals surface area (Å²) >= 11 is 0. The molecular weight excluding hydrogens is 138 g/mol. The standard InChI is InChI=1S/C8H11N3/c9-7-1-5-3-8(10)11-4-6(5)2-7/h3-4,7H,1-2,9H2,(H2,10,11). The van der Waals surface area contributed by atoms with Crippen molar-refractivity contribution in [1.29, 1.82) is 0 Å². The molecular formula is C8H11N3. The van der Waals surface area contributed by atoms with E-state index in [-0.39, 0.29) is 6.04 Å². The molecule has 0 radical (unpaired) electrons. The molecule has 2 rings (SSSR count). The van der Waals surface area contributed by atoms with Gasteiger partial charge in [-0.2, -0.15) is 0 Å². The van der Waals surface area contributed by atoms with Crippen molar-refractivity contribution in [2.75, 3.05) is 5.73 Å². The highest BCUT2D eigenvalue weighted by Gasteiger charge is 2.17. The molecule has 0 saturated heterocycles. The van der Waals surface area contributed by atoms with Crippen molar-refractivity contribution >= 4 is 5.82 Å². The SMILES string of the molecule is Nc1cc2c(cn1)CC(N)C2. The summed E-state index contributed by atoms with van der Waals surface area (Å²) < 4.78 is 0. The Morgan fingerprint density at radius 2 is 2.09 bits per heavy atom. The smallest absolute Gasteiger partial charge is 0.123 e. The molecule has 0 amide bonds. The summed E-state index contributed by atoms with van der Waals surface area (Å²) in [4.78, 5) is 4.01.